The van der Waals surface area contributed by atoms with Gasteiger partial charge in [0.2, 0.25) is 0 Å². The number of rotatable bonds is 12. The second kappa shape index (κ2) is 14.2. The third kappa shape index (κ3) is 7.88. The van der Waals surface area contributed by atoms with E-state index in [0.29, 0.717) is 42.2 Å². The molecule has 7 heteroatoms. The number of anilines is 1. The van der Waals surface area contributed by atoms with Crippen LogP contribution in [0.3, 0.4) is 0 Å². The van der Waals surface area contributed by atoms with Gasteiger partial charge in [-0.25, -0.2) is 0 Å². The zero-order valence-electron chi connectivity index (χ0n) is 23.6. The molecule has 3 aromatic rings. The predicted octanol–water partition coefficient (Wildman–Crippen LogP) is 8.78. The normalized spacial score (nSPS) is 10.9. The minimum Gasteiger partial charge on any atom is -0.491 e. The van der Waals surface area contributed by atoms with Gasteiger partial charge in [0, 0.05) is 15.5 Å². The van der Waals surface area contributed by atoms with Crippen molar-refractivity contribution < 1.29 is 9.47 Å². The molecule has 0 bridgehead atoms. The maximum atomic E-state index is 10.3. The maximum absolute atomic E-state index is 10.3. The molecule has 2 N–H and O–H groups in total. The smallest absolute Gasteiger partial charge is 0.153 e. The van der Waals surface area contributed by atoms with Crippen molar-refractivity contribution in [2.45, 2.75) is 74.0 Å². The van der Waals surface area contributed by atoms with E-state index in [4.69, 9.17) is 15.2 Å². The summed E-state index contributed by atoms with van der Waals surface area (Å²) in [6, 6.07) is 18.5. The number of nitrogens with zero attached hydrogens (tertiary/aromatic N) is 2. The van der Waals surface area contributed by atoms with Crippen LogP contribution in [0.15, 0.2) is 62.0 Å². The van der Waals surface area contributed by atoms with Crippen molar-refractivity contribution >= 4 is 29.2 Å². The molecule has 0 aliphatic rings. The second-order valence-electron chi connectivity index (χ2n) is 10.4. The van der Waals surface area contributed by atoms with E-state index >= 15 is 0 Å². The van der Waals surface area contributed by atoms with Crippen molar-refractivity contribution in [3.63, 3.8) is 0 Å². The molecule has 5 nitrogen and oxygen atoms in total. The second-order valence-corrected chi connectivity index (χ2v) is 12.5. The van der Waals surface area contributed by atoms with Crippen LogP contribution in [0.5, 0.6) is 11.5 Å². The number of ether oxygens (including phenoxy) is 2. The fourth-order valence-corrected chi connectivity index (χ4v) is 6.09. The van der Waals surface area contributed by atoms with E-state index in [9.17, 15) is 10.5 Å². The summed E-state index contributed by atoms with van der Waals surface area (Å²) >= 11 is 2.98. The summed E-state index contributed by atoms with van der Waals surface area (Å²) in [6.07, 6.45) is 1.64. The lowest BCUT2D eigenvalue weighted by Gasteiger charge is -2.23. The molecule has 0 amide bonds. The van der Waals surface area contributed by atoms with Crippen LogP contribution in [-0.2, 0) is 0 Å². The van der Waals surface area contributed by atoms with E-state index < -0.39 is 0 Å². The lowest BCUT2D eigenvalue weighted by Crippen LogP contribution is -2.09. The Morgan fingerprint density at radius 1 is 0.769 bits per heavy atom. The highest BCUT2D eigenvalue weighted by atomic mass is 32.2. The van der Waals surface area contributed by atoms with Crippen LogP contribution in [0.1, 0.15) is 62.8 Å². The number of hydrogen-bond acceptors (Lipinski definition) is 7. The Labute approximate surface area is 241 Å². The first-order valence-corrected chi connectivity index (χ1v) is 14.9. The first kappa shape index (κ1) is 30.3. The van der Waals surface area contributed by atoms with Crippen molar-refractivity contribution in [1.82, 2.24) is 0 Å². The number of nitrogens with two attached hydrogens (primary N) is 1. The molecule has 0 radical (unpaired) electrons. The van der Waals surface area contributed by atoms with Crippen LogP contribution in [0.25, 0.3) is 0 Å². The van der Waals surface area contributed by atoms with Crippen molar-refractivity contribution in [2.75, 3.05) is 18.9 Å². The molecule has 0 heterocycles. The van der Waals surface area contributed by atoms with Gasteiger partial charge < -0.3 is 15.2 Å². The van der Waals surface area contributed by atoms with Gasteiger partial charge in [-0.3, -0.25) is 0 Å². The average molecular weight is 560 g/mol. The summed E-state index contributed by atoms with van der Waals surface area (Å²) in [6.45, 7) is 13.5. The third-order valence-corrected chi connectivity index (χ3v) is 8.69. The number of nitriles is 2. The van der Waals surface area contributed by atoms with Gasteiger partial charge in [0.25, 0.3) is 0 Å². The Morgan fingerprint density at radius 3 is 1.74 bits per heavy atom. The molecule has 0 aromatic heterocycles. The zero-order valence-corrected chi connectivity index (χ0v) is 25.3. The molecule has 0 aliphatic heterocycles. The highest BCUT2D eigenvalue weighted by Crippen LogP contribution is 2.53. The summed E-state index contributed by atoms with van der Waals surface area (Å²) in [5.74, 6) is 1.69. The predicted molar refractivity (Wildman–Crippen MR) is 161 cm³/mol. The first-order valence-electron chi connectivity index (χ1n) is 13.2. The van der Waals surface area contributed by atoms with Crippen LogP contribution in [0, 0.1) is 48.3 Å². The average Bonchev–Trinajstić information content (AvgIpc) is 2.88. The van der Waals surface area contributed by atoms with Crippen molar-refractivity contribution in [3.8, 4) is 23.6 Å². The summed E-state index contributed by atoms with van der Waals surface area (Å²) in [5.41, 5.74) is 9.69. The van der Waals surface area contributed by atoms with Gasteiger partial charge in [0.05, 0.1) is 23.0 Å². The van der Waals surface area contributed by atoms with E-state index in [2.05, 4.69) is 71.9 Å². The number of aryl methyl sites for hydroxylation is 2. The van der Waals surface area contributed by atoms with Crippen LogP contribution in [0.4, 0.5) is 5.69 Å². The minimum atomic E-state index is 0.197. The lowest BCUT2D eigenvalue weighted by atomic mass is 10.1. The van der Waals surface area contributed by atoms with Gasteiger partial charge in [0.15, 0.2) is 11.5 Å². The van der Waals surface area contributed by atoms with E-state index in [1.165, 1.54) is 29.1 Å². The molecule has 0 saturated heterocycles. The number of para-hydroxylation sites is 1. The Balaban J connectivity index is 2.33. The monoisotopic (exact) mass is 559 g/mol. The number of nitrogen functional groups attached to an aromatic ring is 1. The van der Waals surface area contributed by atoms with Gasteiger partial charge in [-0.15, -0.1) is 0 Å². The highest BCUT2D eigenvalue weighted by Gasteiger charge is 2.29. The molecular weight excluding hydrogens is 523 g/mol. The maximum Gasteiger partial charge on any atom is 0.153 e. The molecule has 0 fully saturated rings. The van der Waals surface area contributed by atoms with Crippen molar-refractivity contribution in [3.05, 3.63) is 64.7 Å². The van der Waals surface area contributed by atoms with Gasteiger partial charge in [0.1, 0.15) is 23.3 Å². The fraction of sp³-hybridized carbons (Fsp3) is 0.375. The number of benzene rings is 3. The Kier molecular flexibility index (Phi) is 11.0. The third-order valence-electron chi connectivity index (χ3n) is 6.10. The van der Waals surface area contributed by atoms with Crippen LogP contribution >= 0.6 is 23.5 Å². The molecule has 0 aliphatic carbocycles. The molecule has 0 saturated carbocycles. The van der Waals surface area contributed by atoms with Gasteiger partial charge in [-0.2, -0.15) is 10.5 Å². The molecule has 3 rings (SSSR count). The molecule has 204 valence electrons. The largest absolute Gasteiger partial charge is 0.491 e. The zero-order chi connectivity index (χ0) is 28.5. The molecule has 3 aromatic carbocycles. The first-order chi connectivity index (χ1) is 18.7. The minimum absolute atomic E-state index is 0.197. The van der Waals surface area contributed by atoms with E-state index in [1.54, 1.807) is 0 Å². The van der Waals surface area contributed by atoms with Gasteiger partial charge in [-0.05, 0) is 62.3 Å². The van der Waals surface area contributed by atoms with Crippen molar-refractivity contribution in [2.24, 2.45) is 11.8 Å². The van der Waals surface area contributed by atoms with E-state index in [-0.39, 0.29) is 11.1 Å². The van der Waals surface area contributed by atoms with E-state index in [0.717, 1.165) is 38.0 Å². The Hall–Kier alpha value is -3.26. The van der Waals surface area contributed by atoms with Crippen molar-refractivity contribution in [1.29, 1.82) is 10.5 Å². The molecular formula is C32H37N3O2S2. The highest BCUT2D eigenvalue weighted by molar-refractivity contribution is 8.02. The number of hydrogen-bond donors (Lipinski definition) is 1. The fourth-order valence-electron chi connectivity index (χ4n) is 3.84. The topological polar surface area (TPSA) is 92.1 Å². The van der Waals surface area contributed by atoms with Gasteiger partial charge in [-0.1, -0.05) is 81.0 Å². The molecule has 0 atom stereocenters. The lowest BCUT2D eigenvalue weighted by molar-refractivity contribution is 0.269. The summed E-state index contributed by atoms with van der Waals surface area (Å²) < 4.78 is 12.7. The molecule has 39 heavy (non-hydrogen) atoms. The van der Waals surface area contributed by atoms with Gasteiger partial charge >= 0.3 is 0 Å². The quantitative estimate of drug-likeness (QED) is 0.222. The SMILES string of the molecule is Cc1ccc(Sc2c(OCCC(C)C)c(C#N)c(C#N)c(OCCC(C)C)c2Sc2ccccc2N)c(C)c1. The Morgan fingerprint density at radius 2 is 1.28 bits per heavy atom. The van der Waals surface area contributed by atoms with Crippen LogP contribution in [-0.4, -0.2) is 13.2 Å². The Bertz CT molecular complexity index is 1390. The summed E-state index contributed by atoms with van der Waals surface area (Å²) in [4.78, 5) is 3.38. The van der Waals surface area contributed by atoms with Crippen LogP contribution in [0.2, 0.25) is 0 Å². The summed E-state index contributed by atoms with van der Waals surface area (Å²) in [5, 5.41) is 20.6. The van der Waals surface area contributed by atoms with E-state index in [1.807, 2.05) is 24.3 Å². The van der Waals surface area contributed by atoms with Crippen LogP contribution < -0.4 is 15.2 Å². The molecule has 0 spiro atoms. The standard InChI is InChI=1S/C32H37N3O2S2/c1-20(2)13-15-36-29-24(18-33)25(19-34)30(37-16-14-21(3)4)32(39-28-10-8-7-9-26(28)35)31(29)38-27-12-11-22(5)17-23(27)6/h7-12,17,20-21H,13-16,35H2,1-6H3. The molecule has 0 unspecified atom stereocenters. The summed E-state index contributed by atoms with van der Waals surface area (Å²) in [7, 11) is 0.